The normalized spacial score (nSPS) is 13.4. The average Bonchev–Trinajstić information content (AvgIpc) is 3.57. The molecule has 0 aliphatic carbocycles. The molecule has 0 saturated heterocycles. The van der Waals surface area contributed by atoms with Gasteiger partial charge in [0.25, 0.3) is 0 Å². The fraction of sp³-hybridized carbons (Fsp3) is 0.154. The number of benzene rings is 3. The van der Waals surface area contributed by atoms with E-state index >= 15 is 0 Å². The van der Waals surface area contributed by atoms with Gasteiger partial charge in [-0.05, 0) is 42.0 Å². The molecule has 0 fully saturated rings. The predicted molar refractivity (Wildman–Crippen MR) is 135 cm³/mol. The van der Waals surface area contributed by atoms with Crippen LogP contribution < -0.4 is 4.90 Å². The van der Waals surface area contributed by atoms with E-state index < -0.39 is 30.8 Å². The van der Waals surface area contributed by atoms with E-state index in [2.05, 4.69) is 20.3 Å². The van der Waals surface area contributed by atoms with Crippen LogP contribution in [0.3, 0.4) is 0 Å². The predicted octanol–water partition coefficient (Wildman–Crippen LogP) is 5.17. The summed E-state index contributed by atoms with van der Waals surface area (Å²) >= 11 is 6.10. The molecule has 3 aromatic carbocycles. The van der Waals surface area contributed by atoms with Crippen molar-refractivity contribution in [3.8, 4) is 11.3 Å². The number of halogens is 4. The highest BCUT2D eigenvalue weighted by Gasteiger charge is 2.48. The zero-order chi connectivity index (χ0) is 26.9. The second kappa shape index (κ2) is 10.3. The summed E-state index contributed by atoms with van der Waals surface area (Å²) in [4.78, 5) is 21.7. The molecule has 0 spiro atoms. The Labute approximate surface area is 219 Å². The molecule has 5 rings (SSSR count). The molecule has 2 unspecified atom stereocenters. The van der Waals surface area contributed by atoms with Crippen LogP contribution in [0, 0.1) is 0 Å². The molecule has 0 bridgehead atoms. The molecule has 2 atom stereocenters. The molecule has 0 aliphatic rings. The Hall–Kier alpha value is -4.22. The van der Waals surface area contributed by atoms with Crippen LogP contribution in [0.5, 0.6) is 0 Å². The largest absolute Gasteiger partial charge is 0.416 e. The number of fused-ring (bicyclic) bond motifs is 1. The van der Waals surface area contributed by atoms with Gasteiger partial charge in [-0.15, -0.1) is 5.10 Å². The summed E-state index contributed by atoms with van der Waals surface area (Å²) < 4.78 is 43.3. The van der Waals surface area contributed by atoms with Crippen LogP contribution in [-0.4, -0.2) is 48.3 Å². The third-order valence-electron chi connectivity index (χ3n) is 6.02. The van der Waals surface area contributed by atoms with Gasteiger partial charge < -0.3 is 15.0 Å². The summed E-state index contributed by atoms with van der Waals surface area (Å²) in [6, 6.07) is 17.0. The Morgan fingerprint density at radius 1 is 1.08 bits per heavy atom. The quantitative estimate of drug-likeness (QED) is 0.296. The van der Waals surface area contributed by atoms with Gasteiger partial charge >= 0.3 is 6.18 Å². The van der Waals surface area contributed by atoms with Crippen molar-refractivity contribution in [2.24, 2.45) is 0 Å². The number of aromatic amines is 1. The van der Waals surface area contributed by atoms with E-state index in [1.165, 1.54) is 47.4 Å². The van der Waals surface area contributed by atoms with Gasteiger partial charge in [0.05, 0.1) is 23.6 Å². The number of hydrogen-bond donors (Lipinski definition) is 2. The fourth-order valence-corrected chi connectivity index (χ4v) is 4.45. The lowest BCUT2D eigenvalue weighted by Gasteiger charge is -2.36. The lowest BCUT2D eigenvalue weighted by Crippen LogP contribution is -2.48. The lowest BCUT2D eigenvalue weighted by atomic mass is 9.97. The smallest absolute Gasteiger partial charge is 0.381 e. The van der Waals surface area contributed by atoms with Crippen LogP contribution in [-0.2, 0) is 11.3 Å². The number of carbonyl (C=O) groups is 1. The van der Waals surface area contributed by atoms with E-state index in [9.17, 15) is 23.1 Å². The Bertz CT molecular complexity index is 1550. The fourth-order valence-electron chi connectivity index (χ4n) is 4.25. The van der Waals surface area contributed by atoms with E-state index in [4.69, 9.17) is 11.6 Å². The molecular formula is C26H20ClF3N6O2. The number of anilines is 1. The summed E-state index contributed by atoms with van der Waals surface area (Å²) in [5.74, 6) is -0.749. The minimum Gasteiger partial charge on any atom is -0.381 e. The minimum atomic E-state index is -5.04. The Morgan fingerprint density at radius 3 is 2.53 bits per heavy atom. The average molecular weight is 541 g/mol. The third kappa shape index (κ3) is 5.11. The zero-order valence-corrected chi connectivity index (χ0v) is 20.3. The topological polar surface area (TPSA) is 99.9 Å². The number of aliphatic hydroxyl groups excluding tert-OH is 1. The first-order chi connectivity index (χ1) is 18.2. The number of aliphatic hydroxyl groups is 1. The van der Waals surface area contributed by atoms with E-state index in [0.29, 0.717) is 22.3 Å². The highest BCUT2D eigenvalue weighted by Crippen LogP contribution is 2.38. The number of para-hydroxylation sites is 1. The Morgan fingerprint density at radius 2 is 1.84 bits per heavy atom. The van der Waals surface area contributed by atoms with Crippen LogP contribution in [0.1, 0.15) is 11.6 Å². The van der Waals surface area contributed by atoms with Crippen molar-refractivity contribution in [1.29, 1.82) is 0 Å². The number of alkyl halides is 3. The maximum absolute atomic E-state index is 14.0. The highest BCUT2D eigenvalue weighted by molar-refractivity contribution is 6.30. The number of aromatic nitrogens is 5. The van der Waals surface area contributed by atoms with Crippen molar-refractivity contribution in [2.45, 2.75) is 24.9 Å². The molecular weight excluding hydrogens is 521 g/mol. The van der Waals surface area contributed by atoms with Gasteiger partial charge in [-0.2, -0.15) is 13.2 Å². The zero-order valence-electron chi connectivity index (χ0n) is 19.5. The molecule has 194 valence electrons. The number of imidazole rings is 1. The van der Waals surface area contributed by atoms with Crippen LogP contribution >= 0.6 is 11.6 Å². The van der Waals surface area contributed by atoms with Gasteiger partial charge in [-0.25, -0.2) is 9.67 Å². The van der Waals surface area contributed by atoms with Crippen molar-refractivity contribution in [3.63, 3.8) is 0 Å². The number of nitrogens with one attached hydrogen (secondary N) is 1. The molecule has 5 aromatic rings. The van der Waals surface area contributed by atoms with Gasteiger partial charge in [-0.1, -0.05) is 53.2 Å². The maximum Gasteiger partial charge on any atom is 0.416 e. The third-order valence-corrected chi connectivity index (χ3v) is 6.25. The number of rotatable bonds is 7. The number of nitrogens with zero attached hydrogens (tertiary/aromatic N) is 5. The molecule has 8 nitrogen and oxygen atoms in total. The molecule has 1 amide bonds. The van der Waals surface area contributed by atoms with Crippen molar-refractivity contribution < 1.29 is 23.1 Å². The number of H-pyrrole nitrogens is 1. The van der Waals surface area contributed by atoms with Gasteiger partial charge in [0.15, 0.2) is 6.10 Å². The van der Waals surface area contributed by atoms with Gasteiger partial charge in [-0.3, -0.25) is 4.79 Å². The van der Waals surface area contributed by atoms with Crippen LogP contribution in [0.15, 0.2) is 85.3 Å². The first-order valence-electron chi connectivity index (χ1n) is 11.4. The molecule has 0 aliphatic heterocycles. The molecule has 0 radical (unpaired) electrons. The van der Waals surface area contributed by atoms with E-state index in [1.807, 2.05) is 0 Å². The van der Waals surface area contributed by atoms with Crippen molar-refractivity contribution in [2.75, 3.05) is 4.90 Å². The van der Waals surface area contributed by atoms with Crippen molar-refractivity contribution in [1.82, 2.24) is 25.0 Å². The van der Waals surface area contributed by atoms with Crippen molar-refractivity contribution in [3.05, 3.63) is 95.9 Å². The van der Waals surface area contributed by atoms with Crippen LogP contribution in [0.25, 0.3) is 22.3 Å². The molecule has 2 aromatic heterocycles. The Kier molecular flexibility index (Phi) is 6.87. The summed E-state index contributed by atoms with van der Waals surface area (Å²) in [7, 11) is 0. The monoisotopic (exact) mass is 540 g/mol. The number of hydrogen-bond acceptors (Lipinski definition) is 5. The molecule has 38 heavy (non-hydrogen) atoms. The first-order valence-corrected chi connectivity index (χ1v) is 11.8. The standard InChI is InChI=1S/C26H20ClF3N6O2/c27-18-5-3-4-17(12-18)24(25(38)26(28,29)30)36(19-10-8-16(9-11-19)21-13-31-15-32-21)23(37)14-35-22-7-2-1-6-20(22)33-34-35/h1-13,15,24-25,38H,14H2,(H,31,32). The van der Waals surface area contributed by atoms with E-state index in [0.717, 1.165) is 4.90 Å². The Balaban J connectivity index is 1.62. The molecule has 0 saturated carbocycles. The van der Waals surface area contributed by atoms with Gasteiger partial charge in [0.2, 0.25) is 5.91 Å². The number of amides is 1. The molecule has 12 heteroatoms. The summed E-state index contributed by atoms with van der Waals surface area (Å²) in [6.07, 6.45) is -4.80. The summed E-state index contributed by atoms with van der Waals surface area (Å²) in [5, 5.41) is 18.7. The van der Waals surface area contributed by atoms with Gasteiger partial charge in [0.1, 0.15) is 12.1 Å². The SMILES string of the molecule is O=C(Cn1nnc2ccccc21)N(c1ccc(-c2c[nH]cn2)cc1)C(c1cccc(Cl)c1)C(O)C(F)(F)F. The minimum absolute atomic E-state index is 0.00972. The van der Waals surface area contributed by atoms with Crippen molar-refractivity contribution >= 4 is 34.2 Å². The second-order valence-electron chi connectivity index (χ2n) is 8.49. The summed E-state index contributed by atoms with van der Waals surface area (Å²) in [5.41, 5.74) is 2.50. The van der Waals surface area contributed by atoms with E-state index in [-0.39, 0.29) is 16.3 Å². The van der Waals surface area contributed by atoms with Crippen LogP contribution in [0.4, 0.5) is 18.9 Å². The highest BCUT2D eigenvalue weighted by atomic mass is 35.5. The molecule has 2 N–H and O–H groups in total. The van der Waals surface area contributed by atoms with Crippen LogP contribution in [0.2, 0.25) is 5.02 Å². The van der Waals surface area contributed by atoms with E-state index in [1.54, 1.807) is 42.6 Å². The number of carbonyl (C=O) groups excluding carboxylic acids is 1. The second-order valence-corrected chi connectivity index (χ2v) is 8.92. The molecule has 2 heterocycles. The first kappa shape index (κ1) is 25.4. The maximum atomic E-state index is 14.0. The summed E-state index contributed by atoms with van der Waals surface area (Å²) in [6.45, 7) is -0.427. The van der Waals surface area contributed by atoms with Gasteiger partial charge in [0, 0.05) is 22.5 Å². The lowest BCUT2D eigenvalue weighted by molar-refractivity contribution is -0.210.